The Morgan fingerprint density at radius 3 is 2.00 bits per heavy atom. The number of imide groups is 1. The van der Waals surface area contributed by atoms with Crippen LogP contribution < -0.4 is 10.2 Å². The molecular weight excluding hydrogens is 292 g/mol. The summed E-state index contributed by atoms with van der Waals surface area (Å²) in [5.74, 6) is -0.481. The van der Waals surface area contributed by atoms with Crippen LogP contribution in [0.15, 0.2) is 48.5 Å². The summed E-state index contributed by atoms with van der Waals surface area (Å²) in [6.07, 6.45) is 1.89. The monoisotopic (exact) mass is 306 g/mol. The molecule has 23 heavy (non-hydrogen) atoms. The number of carbonyl (C=O) groups is 3. The minimum absolute atomic E-state index is 0.0264. The van der Waals surface area contributed by atoms with Gasteiger partial charge in [-0.15, -0.1) is 0 Å². The highest BCUT2D eigenvalue weighted by Crippen LogP contribution is 2.31. The van der Waals surface area contributed by atoms with Crippen LogP contribution in [0.2, 0.25) is 0 Å². The lowest BCUT2D eigenvalue weighted by Gasteiger charge is -2.14. The van der Waals surface area contributed by atoms with Gasteiger partial charge in [0.25, 0.3) is 11.8 Å². The summed E-state index contributed by atoms with van der Waals surface area (Å²) in [5, 5.41) is 2.83. The summed E-state index contributed by atoms with van der Waals surface area (Å²) in [6, 6.07) is 13.5. The fourth-order valence-electron chi connectivity index (χ4n) is 2.71. The summed E-state index contributed by atoms with van der Waals surface area (Å²) < 4.78 is 0. The van der Waals surface area contributed by atoms with E-state index < -0.39 is 0 Å². The molecule has 2 aromatic rings. The number of anilines is 2. The molecule has 1 saturated carbocycles. The molecule has 0 aromatic heterocycles. The highest BCUT2D eigenvalue weighted by atomic mass is 16.2. The Labute approximate surface area is 132 Å². The van der Waals surface area contributed by atoms with Crippen LogP contribution in [0.4, 0.5) is 11.4 Å². The zero-order valence-electron chi connectivity index (χ0n) is 12.3. The SMILES string of the molecule is O=C(Nc1ccc(N2C(=O)c3ccccc3C2=O)cc1)C1CC1. The van der Waals surface area contributed by atoms with Crippen molar-refractivity contribution in [3.05, 3.63) is 59.7 Å². The van der Waals surface area contributed by atoms with E-state index in [0.717, 1.165) is 17.7 Å². The van der Waals surface area contributed by atoms with E-state index in [0.29, 0.717) is 22.5 Å². The highest BCUT2D eigenvalue weighted by Gasteiger charge is 2.36. The van der Waals surface area contributed by atoms with Crippen LogP contribution in [0, 0.1) is 5.92 Å². The fourth-order valence-corrected chi connectivity index (χ4v) is 2.71. The third-order valence-electron chi connectivity index (χ3n) is 4.14. The van der Waals surface area contributed by atoms with E-state index in [-0.39, 0.29) is 23.6 Å². The summed E-state index contributed by atoms with van der Waals surface area (Å²) in [4.78, 5) is 37.7. The largest absolute Gasteiger partial charge is 0.326 e. The van der Waals surface area contributed by atoms with Crippen molar-refractivity contribution in [2.75, 3.05) is 10.2 Å². The lowest BCUT2D eigenvalue weighted by molar-refractivity contribution is -0.117. The molecule has 2 aliphatic rings. The van der Waals surface area contributed by atoms with E-state index in [1.807, 2.05) is 0 Å². The van der Waals surface area contributed by atoms with Crippen LogP contribution >= 0.6 is 0 Å². The number of carbonyl (C=O) groups excluding carboxylic acids is 3. The van der Waals surface area contributed by atoms with Gasteiger partial charge in [-0.25, -0.2) is 4.90 Å². The van der Waals surface area contributed by atoms with Gasteiger partial charge in [-0.05, 0) is 49.2 Å². The smallest absolute Gasteiger partial charge is 0.266 e. The molecular formula is C18H14N2O3. The van der Waals surface area contributed by atoms with Crippen molar-refractivity contribution < 1.29 is 14.4 Å². The molecule has 1 fully saturated rings. The van der Waals surface area contributed by atoms with Gasteiger partial charge in [0.1, 0.15) is 0 Å². The average molecular weight is 306 g/mol. The maximum Gasteiger partial charge on any atom is 0.266 e. The van der Waals surface area contributed by atoms with Gasteiger partial charge >= 0.3 is 0 Å². The predicted octanol–water partition coefficient (Wildman–Crippen LogP) is 2.84. The second-order valence-electron chi connectivity index (χ2n) is 5.80. The number of hydrogen-bond acceptors (Lipinski definition) is 3. The molecule has 1 aliphatic carbocycles. The average Bonchev–Trinajstić information content (AvgIpc) is 3.38. The van der Waals surface area contributed by atoms with Gasteiger partial charge in [0.05, 0.1) is 16.8 Å². The third-order valence-corrected chi connectivity index (χ3v) is 4.14. The van der Waals surface area contributed by atoms with Gasteiger partial charge in [0.15, 0.2) is 0 Å². The number of nitrogens with zero attached hydrogens (tertiary/aromatic N) is 1. The minimum atomic E-state index is -0.319. The van der Waals surface area contributed by atoms with Crippen LogP contribution in [-0.4, -0.2) is 17.7 Å². The summed E-state index contributed by atoms with van der Waals surface area (Å²) in [7, 11) is 0. The minimum Gasteiger partial charge on any atom is -0.326 e. The van der Waals surface area contributed by atoms with Crippen LogP contribution in [0.5, 0.6) is 0 Å². The molecule has 1 heterocycles. The Bertz CT molecular complexity index is 787. The van der Waals surface area contributed by atoms with Gasteiger partial charge in [-0.3, -0.25) is 14.4 Å². The van der Waals surface area contributed by atoms with E-state index in [9.17, 15) is 14.4 Å². The molecule has 0 atom stereocenters. The second-order valence-corrected chi connectivity index (χ2v) is 5.80. The summed E-state index contributed by atoms with van der Waals surface area (Å²) in [6.45, 7) is 0. The molecule has 0 radical (unpaired) electrons. The van der Waals surface area contributed by atoms with Crippen LogP contribution in [0.25, 0.3) is 0 Å². The number of fused-ring (bicyclic) bond motifs is 1. The maximum absolute atomic E-state index is 12.4. The van der Waals surface area contributed by atoms with Crippen LogP contribution in [0.1, 0.15) is 33.6 Å². The zero-order chi connectivity index (χ0) is 16.0. The van der Waals surface area contributed by atoms with E-state index in [4.69, 9.17) is 0 Å². The number of nitrogens with one attached hydrogen (secondary N) is 1. The van der Waals surface area contributed by atoms with Crippen molar-refractivity contribution in [3.63, 3.8) is 0 Å². The van der Waals surface area contributed by atoms with Crippen molar-refractivity contribution in [3.8, 4) is 0 Å². The molecule has 5 heteroatoms. The van der Waals surface area contributed by atoms with Crippen molar-refractivity contribution in [2.24, 2.45) is 5.92 Å². The second kappa shape index (κ2) is 5.05. The summed E-state index contributed by atoms with van der Waals surface area (Å²) in [5.41, 5.74) is 2.01. The van der Waals surface area contributed by atoms with Gasteiger partial charge in [0.2, 0.25) is 5.91 Å². The van der Waals surface area contributed by atoms with Crippen molar-refractivity contribution in [2.45, 2.75) is 12.8 Å². The Morgan fingerprint density at radius 1 is 0.913 bits per heavy atom. The van der Waals surface area contributed by atoms with Crippen LogP contribution in [0.3, 0.4) is 0 Å². The molecule has 2 aromatic carbocycles. The van der Waals surface area contributed by atoms with Gasteiger partial charge in [0, 0.05) is 11.6 Å². The third kappa shape index (κ3) is 2.30. The first-order valence-corrected chi connectivity index (χ1v) is 7.54. The topological polar surface area (TPSA) is 66.5 Å². The predicted molar refractivity (Wildman–Crippen MR) is 85.4 cm³/mol. The van der Waals surface area contributed by atoms with Crippen LogP contribution in [-0.2, 0) is 4.79 Å². The Morgan fingerprint density at radius 2 is 1.48 bits per heavy atom. The fraction of sp³-hybridized carbons (Fsp3) is 0.167. The van der Waals surface area contributed by atoms with Crippen molar-refractivity contribution in [1.29, 1.82) is 0 Å². The van der Waals surface area contributed by atoms with Crippen molar-refractivity contribution >= 4 is 29.1 Å². The summed E-state index contributed by atoms with van der Waals surface area (Å²) >= 11 is 0. The molecule has 3 amide bonds. The standard InChI is InChI=1S/C18H14N2O3/c21-16(11-5-6-11)19-12-7-9-13(10-8-12)20-17(22)14-3-1-2-4-15(14)18(20)23/h1-4,7-11H,5-6H2,(H,19,21). The molecule has 1 N–H and O–H groups in total. The van der Waals surface area contributed by atoms with Gasteiger partial charge < -0.3 is 5.32 Å². The Balaban J connectivity index is 1.58. The number of amides is 3. The number of rotatable bonds is 3. The van der Waals surface area contributed by atoms with E-state index >= 15 is 0 Å². The Hall–Kier alpha value is -2.95. The lowest BCUT2D eigenvalue weighted by atomic mass is 10.1. The zero-order valence-corrected chi connectivity index (χ0v) is 12.3. The van der Waals surface area contributed by atoms with Gasteiger partial charge in [-0.2, -0.15) is 0 Å². The quantitative estimate of drug-likeness (QED) is 0.887. The molecule has 0 spiro atoms. The number of benzene rings is 2. The normalized spacial score (nSPS) is 16.4. The van der Waals surface area contributed by atoms with Gasteiger partial charge in [-0.1, -0.05) is 12.1 Å². The highest BCUT2D eigenvalue weighted by molar-refractivity contribution is 6.34. The van der Waals surface area contributed by atoms with Crippen molar-refractivity contribution in [1.82, 2.24) is 0 Å². The Kier molecular flexibility index (Phi) is 3.01. The van der Waals surface area contributed by atoms with E-state index in [2.05, 4.69) is 5.32 Å². The molecule has 1 aliphatic heterocycles. The molecule has 0 saturated heterocycles. The first kappa shape index (κ1) is 13.7. The maximum atomic E-state index is 12.4. The molecule has 0 bridgehead atoms. The first-order valence-electron chi connectivity index (χ1n) is 7.54. The first-order chi connectivity index (χ1) is 11.1. The van der Waals surface area contributed by atoms with E-state index in [1.54, 1.807) is 48.5 Å². The molecule has 0 unspecified atom stereocenters. The number of hydrogen-bond donors (Lipinski definition) is 1. The molecule has 114 valence electrons. The lowest BCUT2D eigenvalue weighted by Crippen LogP contribution is -2.29. The molecule has 5 nitrogen and oxygen atoms in total. The molecule has 4 rings (SSSR count). The van der Waals surface area contributed by atoms with E-state index in [1.165, 1.54) is 0 Å².